The summed E-state index contributed by atoms with van der Waals surface area (Å²) in [6, 6.07) is 7.14. The van der Waals surface area contributed by atoms with Gasteiger partial charge in [-0.1, -0.05) is 37.7 Å². The summed E-state index contributed by atoms with van der Waals surface area (Å²) in [5.74, 6) is 0.463. The van der Waals surface area contributed by atoms with Gasteiger partial charge in [0.1, 0.15) is 17.2 Å². The van der Waals surface area contributed by atoms with E-state index in [0.29, 0.717) is 39.9 Å². The second-order valence-corrected chi connectivity index (χ2v) is 9.87. The van der Waals surface area contributed by atoms with Gasteiger partial charge in [-0.2, -0.15) is 0 Å². The average molecular weight is 467 g/mol. The van der Waals surface area contributed by atoms with Crippen LogP contribution >= 0.6 is 11.8 Å². The van der Waals surface area contributed by atoms with E-state index in [1.165, 1.54) is 18.1 Å². The quantitative estimate of drug-likeness (QED) is 0.371. The molecule has 1 amide bonds. The van der Waals surface area contributed by atoms with Crippen LogP contribution in [-0.4, -0.2) is 44.4 Å². The topological polar surface area (TPSA) is 135 Å². The first-order chi connectivity index (χ1) is 15.5. The number of carbonyl (C=O) groups is 1. The molecule has 8 nitrogen and oxygen atoms in total. The molecule has 3 rings (SSSR count). The van der Waals surface area contributed by atoms with Gasteiger partial charge in [0, 0.05) is 34.8 Å². The highest BCUT2D eigenvalue weighted by molar-refractivity contribution is 8.15. The van der Waals surface area contributed by atoms with Crippen LogP contribution in [0.3, 0.4) is 0 Å². The van der Waals surface area contributed by atoms with Gasteiger partial charge in [0.05, 0.1) is 17.2 Å². The van der Waals surface area contributed by atoms with Crippen LogP contribution in [0.25, 0.3) is 5.57 Å². The van der Waals surface area contributed by atoms with Gasteiger partial charge in [0.25, 0.3) is 5.91 Å². The van der Waals surface area contributed by atoms with Gasteiger partial charge >= 0.3 is 0 Å². The normalized spacial score (nSPS) is 15.6. The van der Waals surface area contributed by atoms with Crippen molar-refractivity contribution in [3.05, 3.63) is 53.0 Å². The summed E-state index contributed by atoms with van der Waals surface area (Å²) in [6.07, 6.45) is 1.47. The third-order valence-corrected chi connectivity index (χ3v) is 7.01. The third kappa shape index (κ3) is 5.31. The second kappa shape index (κ2) is 9.84. The van der Waals surface area contributed by atoms with E-state index in [4.69, 9.17) is 10.8 Å². The Morgan fingerprint density at radius 1 is 1.21 bits per heavy atom. The number of hydrogen-bond acceptors (Lipinski definition) is 8. The Morgan fingerprint density at radius 3 is 2.48 bits per heavy atom. The molecule has 1 aliphatic heterocycles. The van der Waals surface area contributed by atoms with Crippen molar-refractivity contribution >= 4 is 39.8 Å². The maximum absolute atomic E-state index is 12.5. The molecule has 174 valence electrons. The van der Waals surface area contributed by atoms with Crippen molar-refractivity contribution in [2.75, 3.05) is 11.9 Å². The number of aromatic nitrogens is 2. The number of hydrogen-bond donors (Lipinski definition) is 5. The number of amides is 1. The molecule has 0 aliphatic carbocycles. The smallest absolute Gasteiger partial charge is 0.251 e. The second-order valence-electron chi connectivity index (χ2n) is 8.85. The van der Waals surface area contributed by atoms with E-state index in [0.717, 1.165) is 16.0 Å². The first-order valence-corrected chi connectivity index (χ1v) is 11.5. The maximum Gasteiger partial charge on any atom is 0.251 e. The van der Waals surface area contributed by atoms with Crippen LogP contribution in [0, 0.1) is 16.2 Å². The van der Waals surface area contributed by atoms with E-state index in [1.54, 1.807) is 19.1 Å². The van der Waals surface area contributed by atoms with Crippen molar-refractivity contribution in [2.45, 2.75) is 52.1 Å². The van der Waals surface area contributed by atoms with E-state index in [2.05, 4.69) is 20.6 Å². The first-order valence-electron chi connectivity index (χ1n) is 10.7. The number of aliphatic hydroxyl groups is 1. The van der Waals surface area contributed by atoms with E-state index >= 15 is 0 Å². The molecule has 1 aromatic heterocycles. The predicted molar refractivity (Wildman–Crippen MR) is 133 cm³/mol. The molecule has 0 fully saturated rings. The van der Waals surface area contributed by atoms with Crippen LogP contribution < -0.4 is 10.6 Å². The number of benzene rings is 1. The maximum atomic E-state index is 12.5. The molecular weight excluding hydrogens is 436 g/mol. The molecule has 5 N–H and O–H groups in total. The molecule has 1 unspecified atom stereocenters. The SMILES string of the molecule is CC(=N)/C(C)=C1\C(=N)Sc2c(NCc3ccc(C(=O)NC(C)C(C)(C)CO)cc3)ncnc21. The molecule has 0 saturated carbocycles. The molecule has 1 atom stereocenters. The van der Waals surface area contributed by atoms with Crippen molar-refractivity contribution in [1.29, 1.82) is 10.8 Å². The Balaban J connectivity index is 1.70. The van der Waals surface area contributed by atoms with Gasteiger partial charge in [-0.25, -0.2) is 9.97 Å². The highest BCUT2D eigenvalue weighted by Crippen LogP contribution is 2.44. The molecule has 0 bridgehead atoms. The predicted octanol–water partition coefficient (Wildman–Crippen LogP) is 4.12. The summed E-state index contributed by atoms with van der Waals surface area (Å²) < 4.78 is 0. The lowest BCUT2D eigenvalue weighted by molar-refractivity contribution is 0.0834. The van der Waals surface area contributed by atoms with E-state index < -0.39 is 5.41 Å². The third-order valence-electron chi connectivity index (χ3n) is 6.01. The highest BCUT2D eigenvalue weighted by atomic mass is 32.2. The fourth-order valence-electron chi connectivity index (χ4n) is 3.14. The fourth-order valence-corrected chi connectivity index (χ4v) is 4.17. The standard InChI is InChI=1S/C24H30N6O2S/c1-13(14(2)25)18-19-20(33-21(18)26)22(29-12-28-19)27-10-16-6-8-17(9-7-16)23(32)30-15(3)24(4,5)11-31/h6-9,12,15,25-26,31H,10-11H2,1-5H3,(H,30,32)(H,27,28,29)/b18-13-,25-14?,26-21?. The van der Waals surface area contributed by atoms with Crippen LogP contribution in [0.2, 0.25) is 0 Å². The van der Waals surface area contributed by atoms with Crippen molar-refractivity contribution < 1.29 is 9.90 Å². The average Bonchev–Trinajstić information content (AvgIpc) is 3.13. The highest BCUT2D eigenvalue weighted by Gasteiger charge is 2.30. The van der Waals surface area contributed by atoms with Crippen molar-refractivity contribution in [2.24, 2.45) is 5.41 Å². The molecule has 1 aromatic carbocycles. The number of anilines is 1. The van der Waals surface area contributed by atoms with Crippen LogP contribution in [0.4, 0.5) is 5.82 Å². The Bertz CT molecular complexity index is 1120. The minimum atomic E-state index is -0.406. The van der Waals surface area contributed by atoms with Crippen LogP contribution in [-0.2, 0) is 6.54 Å². The summed E-state index contributed by atoms with van der Waals surface area (Å²) >= 11 is 1.29. The first kappa shape index (κ1) is 24.6. The summed E-state index contributed by atoms with van der Waals surface area (Å²) in [7, 11) is 0. The lowest BCUT2D eigenvalue weighted by atomic mass is 9.86. The van der Waals surface area contributed by atoms with Crippen molar-refractivity contribution in [1.82, 2.24) is 15.3 Å². The van der Waals surface area contributed by atoms with Gasteiger partial charge < -0.3 is 21.1 Å². The molecule has 0 spiro atoms. The fraction of sp³-hybridized carbons (Fsp3) is 0.375. The number of rotatable bonds is 8. The Morgan fingerprint density at radius 2 is 1.88 bits per heavy atom. The molecule has 9 heteroatoms. The van der Waals surface area contributed by atoms with Crippen LogP contribution in [0.5, 0.6) is 0 Å². The van der Waals surface area contributed by atoms with Gasteiger partial charge in [0.2, 0.25) is 0 Å². The van der Waals surface area contributed by atoms with Crippen LogP contribution in [0.1, 0.15) is 56.2 Å². The van der Waals surface area contributed by atoms with Gasteiger partial charge in [-0.05, 0) is 44.0 Å². The zero-order chi connectivity index (χ0) is 24.3. The number of fused-ring (bicyclic) bond motifs is 1. The van der Waals surface area contributed by atoms with Crippen molar-refractivity contribution in [3.8, 4) is 0 Å². The molecule has 1 aliphatic rings. The van der Waals surface area contributed by atoms with E-state index in [1.807, 2.05) is 39.8 Å². The molecule has 33 heavy (non-hydrogen) atoms. The lowest BCUT2D eigenvalue weighted by Gasteiger charge is -2.30. The summed E-state index contributed by atoms with van der Waals surface area (Å²) in [4.78, 5) is 22.0. The zero-order valence-corrected chi connectivity index (χ0v) is 20.4. The molecular formula is C24H30N6O2S. The molecule has 2 aromatic rings. The van der Waals surface area contributed by atoms with E-state index in [-0.39, 0.29) is 18.6 Å². The molecule has 0 saturated heterocycles. The lowest BCUT2D eigenvalue weighted by Crippen LogP contribution is -2.44. The number of aliphatic hydroxyl groups excluding tert-OH is 1. The zero-order valence-electron chi connectivity index (χ0n) is 19.5. The molecule has 2 heterocycles. The Labute approximate surface area is 198 Å². The number of thioether (sulfide) groups is 1. The molecule has 0 radical (unpaired) electrons. The van der Waals surface area contributed by atoms with E-state index in [9.17, 15) is 9.90 Å². The van der Waals surface area contributed by atoms with Gasteiger partial charge in [-0.3, -0.25) is 10.2 Å². The number of allylic oxidation sites excluding steroid dienone is 1. The number of nitrogens with zero attached hydrogens (tertiary/aromatic N) is 2. The minimum Gasteiger partial charge on any atom is -0.396 e. The number of nitrogens with one attached hydrogen (secondary N) is 4. The Hall–Kier alpha value is -3.04. The monoisotopic (exact) mass is 466 g/mol. The Kier molecular flexibility index (Phi) is 7.34. The van der Waals surface area contributed by atoms with Gasteiger partial charge in [0.15, 0.2) is 0 Å². The largest absolute Gasteiger partial charge is 0.396 e. The number of carbonyl (C=O) groups excluding carboxylic acids is 1. The van der Waals surface area contributed by atoms with Crippen molar-refractivity contribution in [3.63, 3.8) is 0 Å². The summed E-state index contributed by atoms with van der Waals surface area (Å²) in [5.41, 5.74) is 3.63. The van der Waals surface area contributed by atoms with Crippen LogP contribution in [0.15, 0.2) is 41.1 Å². The summed E-state index contributed by atoms with van der Waals surface area (Å²) in [5, 5.41) is 32.3. The van der Waals surface area contributed by atoms with Gasteiger partial charge in [-0.15, -0.1) is 0 Å². The summed E-state index contributed by atoms with van der Waals surface area (Å²) in [6.45, 7) is 9.72. The minimum absolute atomic E-state index is 0.0125.